The summed E-state index contributed by atoms with van der Waals surface area (Å²) in [7, 11) is 0. The van der Waals surface area contributed by atoms with Gasteiger partial charge in [0.1, 0.15) is 11.2 Å². The van der Waals surface area contributed by atoms with Gasteiger partial charge in [-0.25, -0.2) is 0 Å². The first-order chi connectivity index (χ1) is 24.1. The second-order valence-electron chi connectivity index (χ2n) is 13.7. The van der Waals surface area contributed by atoms with Gasteiger partial charge >= 0.3 is 0 Å². The fourth-order valence-corrected chi connectivity index (χ4v) is 8.28. The molecule has 0 aliphatic heterocycles. The number of nitrogens with zero attached hydrogens (tertiary/aromatic N) is 1. The van der Waals surface area contributed by atoms with Gasteiger partial charge in [-0.2, -0.15) is 0 Å². The normalized spacial score (nSPS) is 13.3. The fourth-order valence-electron chi connectivity index (χ4n) is 8.28. The minimum absolute atomic E-state index is 0.0580. The predicted molar refractivity (Wildman–Crippen MR) is 206 cm³/mol. The summed E-state index contributed by atoms with van der Waals surface area (Å²) in [6.45, 7) is 4.68. The van der Waals surface area contributed by atoms with Gasteiger partial charge in [-0.1, -0.05) is 135 Å². The van der Waals surface area contributed by atoms with Gasteiger partial charge in [-0.05, 0) is 86.4 Å². The topological polar surface area (TPSA) is 16.4 Å². The zero-order chi connectivity index (χ0) is 32.7. The van der Waals surface area contributed by atoms with Gasteiger partial charge in [0.05, 0.1) is 11.4 Å². The molecular formula is C47H33NO. The Morgan fingerprint density at radius 3 is 2.04 bits per heavy atom. The molecule has 2 heteroatoms. The number of rotatable bonds is 4. The summed E-state index contributed by atoms with van der Waals surface area (Å²) in [4.78, 5) is 2.46. The molecule has 0 atom stereocenters. The average molecular weight is 628 g/mol. The monoisotopic (exact) mass is 627 g/mol. The molecule has 2 nitrogen and oxygen atoms in total. The number of benzene rings is 8. The summed E-state index contributed by atoms with van der Waals surface area (Å²) in [5.41, 5.74) is 12.9. The Balaban J connectivity index is 1.25. The van der Waals surface area contributed by atoms with Crippen molar-refractivity contribution in [2.24, 2.45) is 0 Å². The molecule has 1 aromatic heterocycles. The van der Waals surface area contributed by atoms with E-state index >= 15 is 0 Å². The van der Waals surface area contributed by atoms with E-state index in [1.54, 1.807) is 0 Å². The number of furan rings is 1. The minimum atomic E-state index is -0.0580. The van der Waals surface area contributed by atoms with Gasteiger partial charge in [0.2, 0.25) is 0 Å². The summed E-state index contributed by atoms with van der Waals surface area (Å²) in [5, 5.41) is 7.08. The summed E-state index contributed by atoms with van der Waals surface area (Å²) in [5.74, 6) is 0. The summed E-state index contributed by atoms with van der Waals surface area (Å²) in [6.07, 6.45) is 0. The van der Waals surface area contributed by atoms with Crippen molar-refractivity contribution in [3.05, 3.63) is 175 Å². The predicted octanol–water partition coefficient (Wildman–Crippen LogP) is 13.3. The van der Waals surface area contributed by atoms with Gasteiger partial charge in [0.15, 0.2) is 0 Å². The highest BCUT2D eigenvalue weighted by Gasteiger charge is 2.35. The molecule has 8 aromatic carbocycles. The van der Waals surface area contributed by atoms with E-state index in [-0.39, 0.29) is 5.41 Å². The smallest absolute Gasteiger partial charge is 0.136 e. The first-order valence-electron chi connectivity index (χ1n) is 17.0. The van der Waals surface area contributed by atoms with Crippen molar-refractivity contribution in [1.82, 2.24) is 0 Å². The minimum Gasteiger partial charge on any atom is -0.456 e. The first kappa shape index (κ1) is 27.9. The second kappa shape index (κ2) is 10.4. The van der Waals surface area contributed by atoms with Crippen molar-refractivity contribution in [2.75, 3.05) is 4.90 Å². The van der Waals surface area contributed by atoms with Crippen LogP contribution in [0.25, 0.3) is 65.7 Å². The molecule has 0 saturated heterocycles. The van der Waals surface area contributed by atoms with Crippen LogP contribution in [0.3, 0.4) is 0 Å². The first-order valence-corrected chi connectivity index (χ1v) is 17.0. The van der Waals surface area contributed by atoms with Crippen LogP contribution in [0.5, 0.6) is 0 Å². The molecule has 0 bridgehead atoms. The van der Waals surface area contributed by atoms with Gasteiger partial charge in [0.25, 0.3) is 0 Å². The molecule has 0 amide bonds. The second-order valence-corrected chi connectivity index (χ2v) is 13.7. The number of fused-ring (bicyclic) bond motifs is 9. The van der Waals surface area contributed by atoms with Gasteiger partial charge in [-0.3, -0.25) is 0 Å². The molecule has 1 aliphatic carbocycles. The molecule has 10 rings (SSSR count). The highest BCUT2D eigenvalue weighted by atomic mass is 16.3. The zero-order valence-corrected chi connectivity index (χ0v) is 27.4. The maximum atomic E-state index is 6.37. The molecule has 49 heavy (non-hydrogen) atoms. The van der Waals surface area contributed by atoms with Gasteiger partial charge in [-0.15, -0.1) is 0 Å². The quantitative estimate of drug-likeness (QED) is 0.181. The lowest BCUT2D eigenvalue weighted by atomic mass is 9.82. The van der Waals surface area contributed by atoms with Crippen LogP contribution in [0.4, 0.5) is 17.1 Å². The summed E-state index contributed by atoms with van der Waals surface area (Å²) in [6, 6.07) is 59.6. The SMILES string of the molecule is CC1(C)c2ccccc2-c2cc(N(c3ccccc3-c3ccccc3)c3cccc4c3ccc3cc5c(cc34)oc3ccccc35)ccc21. The zero-order valence-electron chi connectivity index (χ0n) is 27.4. The van der Waals surface area contributed by atoms with E-state index in [1.165, 1.54) is 54.9 Å². The molecule has 0 spiro atoms. The number of hydrogen-bond acceptors (Lipinski definition) is 2. The Kier molecular flexibility index (Phi) is 5.95. The highest BCUT2D eigenvalue weighted by Crippen LogP contribution is 2.52. The van der Waals surface area contributed by atoms with Crippen LogP contribution in [-0.4, -0.2) is 0 Å². The van der Waals surface area contributed by atoms with Gasteiger partial charge < -0.3 is 9.32 Å². The molecule has 0 fully saturated rings. The van der Waals surface area contributed by atoms with Crippen LogP contribution >= 0.6 is 0 Å². The van der Waals surface area contributed by atoms with Crippen LogP contribution in [0.2, 0.25) is 0 Å². The van der Waals surface area contributed by atoms with E-state index in [0.717, 1.165) is 39.0 Å². The molecule has 0 radical (unpaired) electrons. The molecule has 1 heterocycles. The number of anilines is 3. The average Bonchev–Trinajstić information content (AvgIpc) is 3.62. The van der Waals surface area contributed by atoms with E-state index in [1.807, 2.05) is 6.07 Å². The van der Waals surface area contributed by atoms with Crippen LogP contribution in [0.1, 0.15) is 25.0 Å². The van der Waals surface area contributed by atoms with Crippen LogP contribution in [0.15, 0.2) is 168 Å². The Labute approximate surface area is 285 Å². The largest absolute Gasteiger partial charge is 0.456 e. The van der Waals surface area contributed by atoms with Crippen molar-refractivity contribution >= 4 is 60.5 Å². The van der Waals surface area contributed by atoms with Crippen molar-refractivity contribution in [1.29, 1.82) is 0 Å². The molecule has 0 saturated carbocycles. The van der Waals surface area contributed by atoms with Crippen LogP contribution in [-0.2, 0) is 5.41 Å². The lowest BCUT2D eigenvalue weighted by Gasteiger charge is -2.30. The number of para-hydroxylation sites is 2. The van der Waals surface area contributed by atoms with Crippen molar-refractivity contribution < 1.29 is 4.42 Å². The third-order valence-corrected chi connectivity index (χ3v) is 10.6. The fraction of sp³-hybridized carbons (Fsp3) is 0.0638. The molecule has 0 N–H and O–H groups in total. The van der Waals surface area contributed by atoms with E-state index in [2.05, 4.69) is 176 Å². The standard InChI is InChI=1S/C47H33NO/c1-47(2)41-19-9-6-16-35(41)39-28-32(24-26-42(39)47)48(43-20-10-7-15-33(43)30-13-4-3-5-14-30)44-21-12-18-34-36(44)25-23-31-27-40-37-17-8-11-22-45(37)49-46(40)29-38(31)34/h3-29H,1-2H3. The number of hydrogen-bond donors (Lipinski definition) is 0. The van der Waals surface area contributed by atoms with Crippen LogP contribution < -0.4 is 4.90 Å². The molecule has 9 aromatic rings. The molecule has 1 aliphatic rings. The lowest BCUT2D eigenvalue weighted by Crippen LogP contribution is -2.15. The Morgan fingerprint density at radius 2 is 1.14 bits per heavy atom. The third-order valence-electron chi connectivity index (χ3n) is 10.6. The van der Waals surface area contributed by atoms with Crippen molar-refractivity contribution in [2.45, 2.75) is 19.3 Å². The van der Waals surface area contributed by atoms with Crippen molar-refractivity contribution in [3.8, 4) is 22.3 Å². The Morgan fingerprint density at radius 1 is 0.429 bits per heavy atom. The Bertz CT molecular complexity index is 2750. The van der Waals surface area contributed by atoms with Gasteiger partial charge in [0, 0.05) is 32.8 Å². The van der Waals surface area contributed by atoms with E-state index < -0.39 is 0 Å². The molecule has 0 unspecified atom stereocenters. The Hall–Kier alpha value is -6.12. The summed E-state index contributed by atoms with van der Waals surface area (Å²) >= 11 is 0. The summed E-state index contributed by atoms with van der Waals surface area (Å²) < 4.78 is 6.37. The maximum absolute atomic E-state index is 6.37. The molecule has 232 valence electrons. The van der Waals surface area contributed by atoms with E-state index in [0.29, 0.717) is 0 Å². The maximum Gasteiger partial charge on any atom is 0.136 e. The van der Waals surface area contributed by atoms with Crippen molar-refractivity contribution in [3.63, 3.8) is 0 Å². The van der Waals surface area contributed by atoms with E-state index in [4.69, 9.17) is 4.42 Å². The van der Waals surface area contributed by atoms with Crippen LogP contribution in [0, 0.1) is 0 Å². The third kappa shape index (κ3) is 4.14. The highest BCUT2D eigenvalue weighted by molar-refractivity contribution is 6.18. The lowest BCUT2D eigenvalue weighted by molar-refractivity contribution is 0.660. The van der Waals surface area contributed by atoms with E-state index in [9.17, 15) is 0 Å². The molecular weight excluding hydrogens is 595 g/mol.